The van der Waals surface area contributed by atoms with Crippen molar-refractivity contribution in [1.82, 2.24) is 0 Å². The number of benzene rings is 2. The number of carbonyl (C=O) groups is 1. The van der Waals surface area contributed by atoms with Gasteiger partial charge in [0, 0.05) is 6.61 Å². The summed E-state index contributed by atoms with van der Waals surface area (Å²) in [6.07, 6.45) is -0.311. The quantitative estimate of drug-likeness (QED) is 0.102. The van der Waals surface area contributed by atoms with Crippen molar-refractivity contribution in [2.45, 2.75) is 63.5 Å². The lowest BCUT2D eigenvalue weighted by Crippen LogP contribution is -2.58. The Balaban J connectivity index is 1.98. The van der Waals surface area contributed by atoms with Crippen LogP contribution in [-0.2, 0) is 9.53 Å². The summed E-state index contributed by atoms with van der Waals surface area (Å²) in [5.74, 6) is -17.1. The molecule has 11 heteroatoms. The van der Waals surface area contributed by atoms with Gasteiger partial charge in [-0.15, -0.1) is 0 Å². The Hall–Kier alpha value is -2.82. The number of esters is 1. The van der Waals surface area contributed by atoms with Gasteiger partial charge in [0.15, 0.2) is 12.8 Å². The Morgan fingerprint density at radius 2 is 1.30 bits per heavy atom. The number of halogens is 7. The number of unbranched alkanes of at least 4 members (excludes halogenated alkanes) is 1. The van der Waals surface area contributed by atoms with Gasteiger partial charge in [0.05, 0.1) is 0 Å². The number of hydrogen-bond donors (Lipinski definition) is 0. The molecule has 0 aliphatic heterocycles. The molecular formula is C26H29F7O4. The topological polar surface area (TPSA) is 44.8 Å². The summed E-state index contributed by atoms with van der Waals surface area (Å²) in [4.78, 5) is 11.7. The van der Waals surface area contributed by atoms with Crippen molar-refractivity contribution in [3.05, 3.63) is 48.5 Å². The van der Waals surface area contributed by atoms with E-state index in [2.05, 4.69) is 4.74 Å². The smallest absolute Gasteiger partial charge is 0.377 e. The molecule has 0 aromatic heterocycles. The summed E-state index contributed by atoms with van der Waals surface area (Å²) in [7, 11) is 0. The van der Waals surface area contributed by atoms with Crippen LogP contribution in [0.1, 0.15) is 39.5 Å². The van der Waals surface area contributed by atoms with Crippen LogP contribution in [0.2, 0.25) is 0 Å². The highest BCUT2D eigenvalue weighted by Gasteiger charge is 2.71. The van der Waals surface area contributed by atoms with Crippen molar-refractivity contribution in [3.8, 4) is 22.6 Å². The van der Waals surface area contributed by atoms with E-state index in [0.29, 0.717) is 30.4 Å². The van der Waals surface area contributed by atoms with Gasteiger partial charge in [-0.3, -0.25) is 0 Å². The number of carbonyl (C=O) groups excluding carboxylic acids is 1. The highest BCUT2D eigenvalue weighted by molar-refractivity contribution is 5.77. The molecule has 0 N–H and O–H groups in total. The number of alkyl halides is 7. The maximum absolute atomic E-state index is 14.1. The molecule has 0 fully saturated rings. The molecule has 2 aromatic carbocycles. The average Bonchev–Trinajstić information content (AvgIpc) is 2.86. The first-order valence-electron chi connectivity index (χ1n) is 11.7. The Morgan fingerprint density at radius 1 is 0.784 bits per heavy atom. The van der Waals surface area contributed by atoms with Gasteiger partial charge in [-0.2, -0.15) is 26.3 Å². The summed E-state index contributed by atoms with van der Waals surface area (Å²) < 4.78 is 111. The van der Waals surface area contributed by atoms with Gasteiger partial charge in [-0.25, -0.2) is 9.18 Å². The molecule has 0 unspecified atom stereocenters. The van der Waals surface area contributed by atoms with E-state index in [0.717, 1.165) is 0 Å². The van der Waals surface area contributed by atoms with Gasteiger partial charge in [0.2, 0.25) is 0 Å². The molecule has 0 radical (unpaired) electrons. The van der Waals surface area contributed by atoms with Crippen LogP contribution in [0.25, 0.3) is 11.1 Å². The van der Waals surface area contributed by atoms with Crippen LogP contribution in [0.15, 0.2) is 48.5 Å². The zero-order valence-corrected chi connectivity index (χ0v) is 20.4. The van der Waals surface area contributed by atoms with Crippen LogP contribution >= 0.6 is 0 Å². The van der Waals surface area contributed by atoms with Crippen LogP contribution in [0.4, 0.5) is 30.7 Å². The number of hydrogen-bond acceptors (Lipinski definition) is 4. The van der Waals surface area contributed by atoms with Gasteiger partial charge in [-0.05, 0) is 48.2 Å². The third kappa shape index (κ3) is 8.08. The molecule has 206 valence electrons. The SMILES string of the molecule is CCCCOCC(F)(F)C(F)(F)C(F)(F)COc1ccc(-c2ccc(OC(=O)[C@@H](F)CCC)cc2)cc1. The van der Waals surface area contributed by atoms with Crippen LogP contribution in [0.3, 0.4) is 0 Å². The molecule has 0 bridgehead atoms. The van der Waals surface area contributed by atoms with Crippen LogP contribution in [-0.4, -0.2) is 49.7 Å². The zero-order chi connectivity index (χ0) is 27.7. The Kier molecular flexibility index (Phi) is 10.8. The summed E-state index contributed by atoms with van der Waals surface area (Å²) in [5.41, 5.74) is 1.17. The Labute approximate surface area is 210 Å². The second-order valence-electron chi connectivity index (χ2n) is 8.40. The minimum Gasteiger partial charge on any atom is -0.487 e. The molecule has 0 heterocycles. The summed E-state index contributed by atoms with van der Waals surface area (Å²) in [5, 5.41) is 0. The average molecular weight is 539 g/mol. The largest absolute Gasteiger partial charge is 0.487 e. The van der Waals surface area contributed by atoms with E-state index in [1.165, 1.54) is 36.4 Å². The maximum atomic E-state index is 14.1. The van der Waals surface area contributed by atoms with Crippen LogP contribution in [0, 0.1) is 0 Å². The van der Waals surface area contributed by atoms with Gasteiger partial charge >= 0.3 is 23.7 Å². The fourth-order valence-corrected chi connectivity index (χ4v) is 3.08. The standard InChI is InChI=1S/C26H29F7O4/c1-3-5-15-35-16-24(28,29)26(32,33)25(30,31)17-36-20-11-7-18(8-12-20)19-9-13-21(14-10-19)37-23(34)22(27)6-4-2/h7-14,22H,3-6,15-17H2,1-2H3/t22-/m0/s1. The van der Waals surface area contributed by atoms with E-state index in [4.69, 9.17) is 9.47 Å². The molecule has 0 saturated carbocycles. The van der Waals surface area contributed by atoms with E-state index in [1.807, 2.05) is 0 Å². The molecule has 0 spiro atoms. The minimum absolute atomic E-state index is 0.0464. The normalized spacial score (nSPS) is 13.3. The predicted molar refractivity (Wildman–Crippen MR) is 123 cm³/mol. The first-order chi connectivity index (χ1) is 17.3. The van der Waals surface area contributed by atoms with E-state index in [-0.39, 0.29) is 24.5 Å². The van der Waals surface area contributed by atoms with Crippen molar-refractivity contribution in [1.29, 1.82) is 0 Å². The van der Waals surface area contributed by atoms with Gasteiger partial charge in [0.1, 0.15) is 18.1 Å². The molecule has 37 heavy (non-hydrogen) atoms. The highest BCUT2D eigenvalue weighted by Crippen LogP contribution is 2.46. The molecule has 2 aromatic rings. The molecule has 0 aliphatic carbocycles. The summed E-state index contributed by atoms with van der Waals surface area (Å²) in [6, 6.07) is 11.3. The molecule has 0 amide bonds. The monoisotopic (exact) mass is 538 g/mol. The molecular weight excluding hydrogens is 509 g/mol. The van der Waals surface area contributed by atoms with Crippen molar-refractivity contribution in [2.75, 3.05) is 19.8 Å². The molecule has 4 nitrogen and oxygen atoms in total. The second kappa shape index (κ2) is 13.1. The third-order valence-electron chi connectivity index (χ3n) is 5.32. The van der Waals surface area contributed by atoms with E-state index in [9.17, 15) is 35.5 Å². The Morgan fingerprint density at radius 3 is 1.81 bits per heavy atom. The van der Waals surface area contributed by atoms with E-state index >= 15 is 0 Å². The van der Waals surface area contributed by atoms with Gasteiger partial charge in [-0.1, -0.05) is 51.0 Å². The molecule has 2 rings (SSSR count). The van der Waals surface area contributed by atoms with E-state index < -0.39 is 43.1 Å². The van der Waals surface area contributed by atoms with Crippen molar-refractivity contribution in [3.63, 3.8) is 0 Å². The Bertz CT molecular complexity index is 979. The van der Waals surface area contributed by atoms with Crippen molar-refractivity contribution in [2.24, 2.45) is 0 Å². The highest BCUT2D eigenvalue weighted by atomic mass is 19.3. The zero-order valence-electron chi connectivity index (χ0n) is 20.4. The van der Waals surface area contributed by atoms with Crippen LogP contribution in [0.5, 0.6) is 11.5 Å². The van der Waals surface area contributed by atoms with Crippen molar-refractivity contribution < 1.29 is 49.7 Å². The first-order valence-corrected chi connectivity index (χ1v) is 11.7. The second-order valence-corrected chi connectivity index (χ2v) is 8.40. The third-order valence-corrected chi connectivity index (χ3v) is 5.32. The fourth-order valence-electron chi connectivity index (χ4n) is 3.08. The van der Waals surface area contributed by atoms with Gasteiger partial charge < -0.3 is 14.2 Å². The van der Waals surface area contributed by atoms with Gasteiger partial charge in [0.25, 0.3) is 0 Å². The first kappa shape index (κ1) is 30.4. The summed E-state index contributed by atoms with van der Waals surface area (Å²) in [6.45, 7) is -0.605. The molecule has 0 aliphatic rings. The summed E-state index contributed by atoms with van der Waals surface area (Å²) >= 11 is 0. The number of rotatable bonds is 15. The lowest BCUT2D eigenvalue weighted by molar-refractivity contribution is -0.324. The molecule has 1 atom stereocenters. The van der Waals surface area contributed by atoms with E-state index in [1.54, 1.807) is 26.0 Å². The number of ether oxygens (including phenoxy) is 3. The molecule has 0 saturated heterocycles. The lowest BCUT2D eigenvalue weighted by Gasteiger charge is -2.32. The predicted octanol–water partition coefficient (Wildman–Crippen LogP) is 7.50. The lowest BCUT2D eigenvalue weighted by atomic mass is 10.1. The minimum atomic E-state index is -5.70. The fraction of sp³-hybridized carbons (Fsp3) is 0.500. The van der Waals surface area contributed by atoms with Crippen LogP contribution < -0.4 is 9.47 Å². The maximum Gasteiger partial charge on any atom is 0.377 e. The van der Waals surface area contributed by atoms with Crippen molar-refractivity contribution >= 4 is 5.97 Å².